The van der Waals surface area contributed by atoms with E-state index in [0.717, 1.165) is 38.5 Å². The predicted molar refractivity (Wildman–Crippen MR) is 261 cm³/mol. The summed E-state index contributed by atoms with van der Waals surface area (Å²) in [6, 6.07) is -0.998. The maximum atomic E-state index is 12.5. The fraction of sp³-hybridized carbons (Fsp3) is 0.944. The van der Waals surface area contributed by atoms with Gasteiger partial charge in [0.2, 0.25) is 5.91 Å². The lowest BCUT2D eigenvalue weighted by atomic mass is 10.00. The quantitative estimate of drug-likeness (QED) is 0.0309. The summed E-state index contributed by atoms with van der Waals surface area (Å²) in [5.41, 5.74) is 0. The lowest BCUT2D eigenvalue weighted by molar-refractivity contribution is -0.132. The zero-order valence-corrected chi connectivity index (χ0v) is 40.5. The lowest BCUT2D eigenvalue weighted by Gasteiger charge is -2.27. The van der Waals surface area contributed by atoms with Gasteiger partial charge in [0.1, 0.15) is 12.2 Å². The number of carbonyl (C=O) groups excluding carboxylic acids is 1. The van der Waals surface area contributed by atoms with Crippen molar-refractivity contribution in [2.45, 2.75) is 321 Å². The second-order valence-corrected chi connectivity index (χ2v) is 18.9. The van der Waals surface area contributed by atoms with Gasteiger partial charge in [-0.1, -0.05) is 270 Å². The molecule has 4 atom stereocenters. The Bertz CT molecular complexity index is 867. The molecule has 0 aliphatic rings. The van der Waals surface area contributed by atoms with Crippen LogP contribution in [0, 0.1) is 0 Å². The third kappa shape index (κ3) is 42.4. The number of aliphatic hydroxyl groups is 4. The van der Waals surface area contributed by atoms with Crippen LogP contribution in [0.4, 0.5) is 0 Å². The van der Waals surface area contributed by atoms with Crippen molar-refractivity contribution in [1.29, 1.82) is 0 Å². The van der Waals surface area contributed by atoms with E-state index in [2.05, 4.69) is 31.3 Å². The Hall–Kier alpha value is -0.950. The van der Waals surface area contributed by atoms with Gasteiger partial charge in [-0.2, -0.15) is 0 Å². The Labute approximate surface area is 374 Å². The van der Waals surface area contributed by atoms with Crippen molar-refractivity contribution in [2.24, 2.45) is 0 Å². The zero-order valence-electron chi connectivity index (χ0n) is 40.5. The summed E-state index contributed by atoms with van der Waals surface area (Å²) in [7, 11) is 0. The molecule has 358 valence electrons. The highest BCUT2D eigenvalue weighted by atomic mass is 16.3. The number of carbonyl (C=O) groups is 1. The highest BCUT2D eigenvalue weighted by Crippen LogP contribution is 2.18. The molecular formula is C54H107NO5. The summed E-state index contributed by atoms with van der Waals surface area (Å²) in [6.45, 7) is 4.07. The number of aliphatic hydroxyl groups excluding tert-OH is 4. The fourth-order valence-corrected chi connectivity index (χ4v) is 8.70. The fourth-order valence-electron chi connectivity index (χ4n) is 8.70. The molecule has 1 amide bonds. The third-order valence-corrected chi connectivity index (χ3v) is 13.0. The smallest absolute Gasteiger partial charge is 0.249 e. The summed E-state index contributed by atoms with van der Waals surface area (Å²) in [6.07, 6.45) is 57.1. The number of hydrogen-bond donors (Lipinski definition) is 5. The first-order valence-corrected chi connectivity index (χ1v) is 27.1. The summed E-state index contributed by atoms with van der Waals surface area (Å²) in [5, 5.41) is 43.8. The molecular weight excluding hydrogens is 743 g/mol. The van der Waals surface area contributed by atoms with Crippen molar-refractivity contribution >= 4 is 5.91 Å². The average Bonchev–Trinajstić information content (AvgIpc) is 3.25. The molecule has 0 fully saturated rings. The number of rotatable bonds is 50. The molecule has 0 aliphatic carbocycles. The van der Waals surface area contributed by atoms with Crippen molar-refractivity contribution in [3.8, 4) is 0 Å². The van der Waals surface area contributed by atoms with E-state index in [1.807, 2.05) is 0 Å². The Morgan fingerprint density at radius 1 is 0.400 bits per heavy atom. The first-order chi connectivity index (χ1) is 29.5. The lowest BCUT2D eigenvalue weighted by Crippen LogP contribution is -2.53. The molecule has 0 aromatic carbocycles. The number of hydrogen-bond acceptors (Lipinski definition) is 5. The molecule has 6 heteroatoms. The molecule has 0 aromatic rings. The van der Waals surface area contributed by atoms with E-state index in [-0.39, 0.29) is 0 Å². The van der Waals surface area contributed by atoms with Crippen LogP contribution in [-0.4, -0.2) is 57.3 Å². The van der Waals surface area contributed by atoms with Crippen LogP contribution in [0.3, 0.4) is 0 Å². The van der Waals surface area contributed by atoms with Gasteiger partial charge in [0.25, 0.3) is 0 Å². The van der Waals surface area contributed by atoms with E-state index < -0.39 is 36.9 Å². The number of amides is 1. The predicted octanol–water partition coefficient (Wildman–Crippen LogP) is 15.3. The van der Waals surface area contributed by atoms with Gasteiger partial charge in [-0.3, -0.25) is 4.79 Å². The molecule has 0 rings (SSSR count). The van der Waals surface area contributed by atoms with E-state index in [1.165, 1.54) is 231 Å². The molecule has 4 unspecified atom stereocenters. The van der Waals surface area contributed by atoms with Crippen LogP contribution in [0.5, 0.6) is 0 Å². The minimum Gasteiger partial charge on any atom is -0.394 e. The number of allylic oxidation sites excluding steroid dienone is 2. The summed E-state index contributed by atoms with van der Waals surface area (Å²) in [5.74, 6) is -0.589. The normalized spacial score (nSPS) is 13.9. The van der Waals surface area contributed by atoms with Gasteiger partial charge in [-0.05, 0) is 38.5 Å². The van der Waals surface area contributed by atoms with E-state index in [4.69, 9.17) is 0 Å². The maximum absolute atomic E-state index is 12.5. The molecule has 0 aromatic heterocycles. The molecule has 5 N–H and O–H groups in total. The molecule has 0 bridgehead atoms. The topological polar surface area (TPSA) is 110 Å². The minimum atomic E-state index is -1.28. The van der Waals surface area contributed by atoms with Crippen molar-refractivity contribution in [2.75, 3.05) is 6.61 Å². The highest BCUT2D eigenvalue weighted by Gasteiger charge is 2.28. The Kier molecular flexibility index (Phi) is 48.3. The number of nitrogens with one attached hydrogen (secondary N) is 1. The monoisotopic (exact) mass is 850 g/mol. The van der Waals surface area contributed by atoms with Gasteiger partial charge in [0, 0.05) is 0 Å². The highest BCUT2D eigenvalue weighted by molar-refractivity contribution is 5.80. The zero-order chi connectivity index (χ0) is 43.8. The van der Waals surface area contributed by atoms with E-state index in [1.54, 1.807) is 0 Å². The average molecular weight is 850 g/mol. The van der Waals surface area contributed by atoms with Gasteiger partial charge in [0.15, 0.2) is 0 Å². The molecule has 0 radical (unpaired) electrons. The SMILES string of the molecule is CCCCCCCCCCCCCCCCCCCCCCCCCC/C=C/CCCC(O)C(O)C(CO)NC(=O)C(O)CCCCCCCCCCCCCCCCC. The van der Waals surface area contributed by atoms with Gasteiger partial charge in [-0.15, -0.1) is 0 Å². The van der Waals surface area contributed by atoms with Crippen molar-refractivity contribution in [3.05, 3.63) is 12.2 Å². The molecule has 0 saturated heterocycles. The standard InChI is InChI=1S/C54H107NO5/c1-3-5-7-9-11-13-15-17-19-20-21-22-23-24-25-26-27-28-29-30-31-32-34-35-37-39-41-43-45-47-51(57)53(59)50(49-56)55-54(60)52(58)48-46-44-42-40-38-36-33-18-16-14-12-10-8-6-4-2/h39,41,50-53,56-59H,3-38,40,42-49H2,1-2H3,(H,55,60)/b41-39+. The van der Waals surface area contributed by atoms with Crippen LogP contribution < -0.4 is 5.32 Å². The molecule has 0 spiro atoms. The Morgan fingerprint density at radius 3 is 1.00 bits per heavy atom. The van der Waals surface area contributed by atoms with Crippen LogP contribution in [0.15, 0.2) is 12.2 Å². The molecule has 60 heavy (non-hydrogen) atoms. The van der Waals surface area contributed by atoms with Crippen LogP contribution in [0.25, 0.3) is 0 Å². The van der Waals surface area contributed by atoms with Crippen molar-refractivity contribution < 1.29 is 25.2 Å². The molecule has 0 saturated carbocycles. The van der Waals surface area contributed by atoms with Gasteiger partial charge >= 0.3 is 0 Å². The first kappa shape index (κ1) is 59.0. The molecule has 0 aliphatic heterocycles. The van der Waals surface area contributed by atoms with E-state index in [9.17, 15) is 25.2 Å². The molecule has 6 nitrogen and oxygen atoms in total. The third-order valence-electron chi connectivity index (χ3n) is 13.0. The van der Waals surface area contributed by atoms with Gasteiger partial charge in [0.05, 0.1) is 18.8 Å². The Balaban J connectivity index is 3.61. The summed E-state index contributed by atoms with van der Waals surface area (Å²) >= 11 is 0. The van der Waals surface area contributed by atoms with Crippen molar-refractivity contribution in [1.82, 2.24) is 5.32 Å². The van der Waals surface area contributed by atoms with Crippen LogP contribution in [-0.2, 0) is 4.79 Å². The largest absolute Gasteiger partial charge is 0.394 e. The molecule has 0 heterocycles. The van der Waals surface area contributed by atoms with E-state index in [0.29, 0.717) is 12.8 Å². The van der Waals surface area contributed by atoms with Gasteiger partial charge < -0.3 is 25.7 Å². The second-order valence-electron chi connectivity index (χ2n) is 18.9. The van der Waals surface area contributed by atoms with Gasteiger partial charge in [-0.25, -0.2) is 0 Å². The summed E-state index contributed by atoms with van der Waals surface area (Å²) < 4.78 is 0. The Morgan fingerprint density at radius 2 is 0.683 bits per heavy atom. The second kappa shape index (κ2) is 49.1. The maximum Gasteiger partial charge on any atom is 0.249 e. The minimum absolute atomic E-state index is 0.368. The van der Waals surface area contributed by atoms with E-state index >= 15 is 0 Å². The van der Waals surface area contributed by atoms with Crippen LogP contribution in [0.1, 0.15) is 296 Å². The number of unbranched alkanes of at least 4 members (excludes halogenated alkanes) is 39. The van der Waals surface area contributed by atoms with Crippen molar-refractivity contribution in [3.63, 3.8) is 0 Å². The summed E-state index contributed by atoms with van der Waals surface area (Å²) in [4.78, 5) is 12.5. The first-order valence-electron chi connectivity index (χ1n) is 27.1. The van der Waals surface area contributed by atoms with Crippen LogP contribution in [0.2, 0.25) is 0 Å². The van der Waals surface area contributed by atoms with Crippen LogP contribution >= 0.6 is 0 Å².